The van der Waals surface area contributed by atoms with Crippen molar-refractivity contribution in [1.29, 1.82) is 0 Å². The SMILES string of the molecule is O=C(NC(=S)Nc1ccc(N2CCN(Cc3ccccc3Cl)CC2)c(Cl)c1)c1sc2cc(Cl)ccc2c1Cl. The molecule has 1 aromatic heterocycles. The summed E-state index contributed by atoms with van der Waals surface area (Å²) >= 11 is 32.1. The molecule has 196 valence electrons. The van der Waals surface area contributed by atoms with E-state index < -0.39 is 0 Å². The number of rotatable bonds is 5. The van der Waals surface area contributed by atoms with Gasteiger partial charge in [0.05, 0.1) is 15.7 Å². The Morgan fingerprint density at radius 3 is 2.42 bits per heavy atom. The van der Waals surface area contributed by atoms with Gasteiger partial charge in [-0.05, 0) is 54.2 Å². The summed E-state index contributed by atoms with van der Waals surface area (Å²) in [4.78, 5) is 17.8. The van der Waals surface area contributed by atoms with E-state index in [2.05, 4.69) is 26.5 Å². The molecule has 5 rings (SSSR count). The molecule has 0 radical (unpaired) electrons. The molecule has 1 aliphatic heterocycles. The van der Waals surface area contributed by atoms with Gasteiger partial charge in [-0.3, -0.25) is 15.0 Å². The summed E-state index contributed by atoms with van der Waals surface area (Å²) in [5.41, 5.74) is 2.77. The topological polar surface area (TPSA) is 47.6 Å². The van der Waals surface area contributed by atoms with Crippen LogP contribution in [0.2, 0.25) is 20.1 Å². The summed E-state index contributed by atoms with van der Waals surface area (Å²) in [6.07, 6.45) is 0. The van der Waals surface area contributed by atoms with Gasteiger partial charge in [0.2, 0.25) is 0 Å². The average molecular weight is 624 g/mol. The lowest BCUT2D eigenvalue weighted by Gasteiger charge is -2.36. The lowest BCUT2D eigenvalue weighted by molar-refractivity contribution is 0.0982. The molecule has 0 saturated carbocycles. The van der Waals surface area contributed by atoms with Crippen LogP contribution in [0, 0.1) is 0 Å². The van der Waals surface area contributed by atoms with E-state index in [1.165, 1.54) is 11.3 Å². The number of benzene rings is 3. The van der Waals surface area contributed by atoms with Crippen LogP contribution in [0.15, 0.2) is 60.7 Å². The second-order valence-corrected chi connectivity index (χ2v) is 11.9. The monoisotopic (exact) mass is 622 g/mol. The predicted octanol–water partition coefficient (Wildman–Crippen LogP) is 7.96. The number of amides is 1. The molecule has 3 aromatic carbocycles. The Hall–Kier alpha value is -2.10. The molecule has 1 aliphatic rings. The van der Waals surface area contributed by atoms with Crippen molar-refractivity contribution in [2.75, 3.05) is 36.4 Å². The lowest BCUT2D eigenvalue weighted by atomic mass is 10.2. The fourth-order valence-electron chi connectivity index (χ4n) is 4.36. The number of nitrogens with zero attached hydrogens (tertiary/aromatic N) is 2. The average Bonchev–Trinajstić information content (AvgIpc) is 3.21. The van der Waals surface area contributed by atoms with Crippen molar-refractivity contribution >= 4 is 102 Å². The number of thiocarbonyl (C=S) groups is 1. The lowest BCUT2D eigenvalue weighted by Crippen LogP contribution is -2.46. The second-order valence-electron chi connectivity index (χ2n) is 8.81. The van der Waals surface area contributed by atoms with Crippen molar-refractivity contribution in [3.63, 3.8) is 0 Å². The normalized spacial score (nSPS) is 14.1. The summed E-state index contributed by atoms with van der Waals surface area (Å²) in [5.74, 6) is -0.387. The minimum Gasteiger partial charge on any atom is -0.368 e. The van der Waals surface area contributed by atoms with Gasteiger partial charge in [-0.2, -0.15) is 0 Å². The quantitative estimate of drug-likeness (QED) is 0.221. The van der Waals surface area contributed by atoms with Gasteiger partial charge in [0.15, 0.2) is 5.11 Å². The van der Waals surface area contributed by atoms with Crippen LogP contribution in [0.1, 0.15) is 15.2 Å². The molecule has 2 N–H and O–H groups in total. The highest BCUT2D eigenvalue weighted by atomic mass is 35.5. The number of piperazine rings is 1. The summed E-state index contributed by atoms with van der Waals surface area (Å²) in [5, 5.41) is 9.01. The van der Waals surface area contributed by atoms with Crippen molar-refractivity contribution in [2.24, 2.45) is 0 Å². The number of hydrogen-bond donors (Lipinski definition) is 2. The molecule has 1 fully saturated rings. The van der Waals surface area contributed by atoms with E-state index in [1.807, 2.05) is 30.3 Å². The van der Waals surface area contributed by atoms with Gasteiger partial charge in [0, 0.05) is 58.5 Å². The minimum absolute atomic E-state index is 0.151. The molecule has 4 aromatic rings. The molecule has 5 nitrogen and oxygen atoms in total. The van der Waals surface area contributed by atoms with Crippen molar-refractivity contribution in [2.45, 2.75) is 6.54 Å². The third-order valence-electron chi connectivity index (χ3n) is 6.30. The summed E-state index contributed by atoms with van der Waals surface area (Å²) in [7, 11) is 0. The molecule has 11 heteroatoms. The summed E-state index contributed by atoms with van der Waals surface area (Å²) in [6.45, 7) is 4.35. The largest absolute Gasteiger partial charge is 0.368 e. The van der Waals surface area contributed by atoms with E-state index in [9.17, 15) is 4.79 Å². The molecule has 0 aliphatic carbocycles. The molecule has 0 spiro atoms. The Labute approximate surface area is 250 Å². The van der Waals surface area contributed by atoms with Crippen LogP contribution in [-0.4, -0.2) is 42.1 Å². The number of halogens is 4. The molecule has 1 amide bonds. The molecule has 0 bridgehead atoms. The van der Waals surface area contributed by atoms with E-state index in [0.717, 1.165) is 59.1 Å². The van der Waals surface area contributed by atoms with Crippen molar-refractivity contribution in [3.05, 3.63) is 91.2 Å². The standard InChI is InChI=1S/C27H22Cl4N4OS2/c28-17-5-7-19-23(13-17)38-25(24(19)31)26(36)33-27(37)32-18-6-8-22(21(30)14-18)35-11-9-34(10-12-35)15-16-3-1-2-4-20(16)29/h1-8,13-14H,9-12,15H2,(H2,32,33,36,37). The first kappa shape index (κ1) is 27.5. The minimum atomic E-state index is -0.387. The van der Waals surface area contributed by atoms with Crippen LogP contribution in [0.25, 0.3) is 10.1 Å². The predicted molar refractivity (Wildman–Crippen MR) is 166 cm³/mol. The number of hydrogen-bond acceptors (Lipinski definition) is 5. The number of anilines is 2. The third kappa shape index (κ3) is 6.20. The Bertz CT molecular complexity index is 1520. The Balaban J connectivity index is 1.17. The van der Waals surface area contributed by atoms with Gasteiger partial charge in [0.1, 0.15) is 4.88 Å². The zero-order valence-electron chi connectivity index (χ0n) is 19.9. The molecule has 2 heterocycles. The van der Waals surface area contributed by atoms with E-state index in [0.29, 0.717) is 25.6 Å². The van der Waals surface area contributed by atoms with Crippen LogP contribution in [0.3, 0.4) is 0 Å². The molecule has 0 atom stereocenters. The van der Waals surface area contributed by atoms with E-state index in [1.54, 1.807) is 24.3 Å². The van der Waals surface area contributed by atoms with Gasteiger partial charge in [-0.1, -0.05) is 70.7 Å². The zero-order chi connectivity index (χ0) is 26.8. The molecule has 1 saturated heterocycles. The maximum absolute atomic E-state index is 12.8. The van der Waals surface area contributed by atoms with Gasteiger partial charge in [-0.15, -0.1) is 11.3 Å². The van der Waals surface area contributed by atoms with Gasteiger partial charge >= 0.3 is 0 Å². The number of carbonyl (C=O) groups is 1. The maximum atomic E-state index is 12.8. The number of nitrogens with one attached hydrogen (secondary N) is 2. The molecular weight excluding hydrogens is 602 g/mol. The van der Waals surface area contributed by atoms with Crippen LogP contribution in [0.4, 0.5) is 11.4 Å². The van der Waals surface area contributed by atoms with Gasteiger partial charge in [0.25, 0.3) is 5.91 Å². The Morgan fingerprint density at radius 1 is 0.921 bits per heavy atom. The first-order valence-corrected chi connectivity index (χ1v) is 14.5. The van der Waals surface area contributed by atoms with E-state index in [4.69, 9.17) is 58.6 Å². The van der Waals surface area contributed by atoms with Crippen LogP contribution in [0.5, 0.6) is 0 Å². The van der Waals surface area contributed by atoms with Crippen LogP contribution >= 0.6 is 70.0 Å². The highest BCUT2D eigenvalue weighted by Gasteiger charge is 2.21. The summed E-state index contributed by atoms with van der Waals surface area (Å²) < 4.78 is 0.832. The Kier molecular flexibility index (Phi) is 8.65. The first-order chi connectivity index (χ1) is 18.3. The second kappa shape index (κ2) is 12.0. The van der Waals surface area contributed by atoms with E-state index in [-0.39, 0.29) is 11.0 Å². The first-order valence-electron chi connectivity index (χ1n) is 11.8. The summed E-state index contributed by atoms with van der Waals surface area (Å²) in [6, 6.07) is 18.9. The highest BCUT2D eigenvalue weighted by Crippen LogP contribution is 2.36. The molecule has 38 heavy (non-hydrogen) atoms. The maximum Gasteiger partial charge on any atom is 0.269 e. The van der Waals surface area contributed by atoms with Gasteiger partial charge in [-0.25, -0.2) is 0 Å². The van der Waals surface area contributed by atoms with Crippen molar-refractivity contribution in [1.82, 2.24) is 10.2 Å². The Morgan fingerprint density at radius 2 is 1.68 bits per heavy atom. The number of carbonyl (C=O) groups excluding carboxylic acids is 1. The zero-order valence-corrected chi connectivity index (χ0v) is 24.6. The highest BCUT2D eigenvalue weighted by molar-refractivity contribution is 7.80. The van der Waals surface area contributed by atoms with Gasteiger partial charge < -0.3 is 10.2 Å². The molecular formula is C27H22Cl4N4OS2. The third-order valence-corrected chi connectivity index (χ3v) is 9.06. The molecule has 0 unspecified atom stereocenters. The smallest absolute Gasteiger partial charge is 0.269 e. The van der Waals surface area contributed by atoms with Crippen molar-refractivity contribution in [3.8, 4) is 0 Å². The fraction of sp³-hybridized carbons (Fsp3) is 0.185. The van der Waals surface area contributed by atoms with Crippen LogP contribution in [-0.2, 0) is 6.54 Å². The number of fused-ring (bicyclic) bond motifs is 1. The van der Waals surface area contributed by atoms with E-state index >= 15 is 0 Å². The number of thiophene rings is 1. The van der Waals surface area contributed by atoms with Crippen molar-refractivity contribution < 1.29 is 4.79 Å². The van der Waals surface area contributed by atoms with Crippen LogP contribution < -0.4 is 15.5 Å². The fourth-order valence-corrected chi connectivity index (χ4v) is 6.76.